The van der Waals surface area contributed by atoms with Gasteiger partial charge < -0.3 is 5.32 Å². The van der Waals surface area contributed by atoms with Gasteiger partial charge in [-0.05, 0) is 47.8 Å². The van der Waals surface area contributed by atoms with Crippen molar-refractivity contribution >= 4 is 5.91 Å². The number of carbonyl (C=O) groups is 1. The number of nitrogens with zero attached hydrogens (tertiary/aromatic N) is 3. The van der Waals surface area contributed by atoms with Crippen LogP contribution in [0.25, 0.3) is 10.4 Å². The number of fused-ring (bicyclic) bond motifs is 3. The Bertz CT molecular complexity index is 565. The fourth-order valence-corrected chi connectivity index (χ4v) is 3.45. The van der Waals surface area contributed by atoms with Gasteiger partial charge in [0.05, 0.1) is 0 Å². The molecule has 0 saturated heterocycles. The van der Waals surface area contributed by atoms with Gasteiger partial charge >= 0.3 is 0 Å². The number of carbonyl (C=O) groups excluding carboxylic acids is 1. The molecule has 5 heteroatoms. The summed E-state index contributed by atoms with van der Waals surface area (Å²) in [6.45, 7) is 1.03. The van der Waals surface area contributed by atoms with Gasteiger partial charge in [-0.2, -0.15) is 0 Å². The summed E-state index contributed by atoms with van der Waals surface area (Å²) in [7, 11) is 0. The van der Waals surface area contributed by atoms with E-state index in [1.165, 1.54) is 11.1 Å². The number of nitrogens with one attached hydrogen (secondary N) is 1. The van der Waals surface area contributed by atoms with E-state index in [4.69, 9.17) is 5.53 Å². The van der Waals surface area contributed by atoms with Crippen LogP contribution in [0.2, 0.25) is 0 Å². The number of azide groups is 1. The van der Waals surface area contributed by atoms with Crippen LogP contribution in [0.15, 0.2) is 29.4 Å². The Kier molecular flexibility index (Phi) is 3.61. The predicted octanol–water partition coefficient (Wildman–Crippen LogP) is 2.78. The predicted molar refractivity (Wildman–Crippen MR) is 76.1 cm³/mol. The van der Waals surface area contributed by atoms with Crippen molar-refractivity contribution in [3.63, 3.8) is 0 Å². The second-order valence-electron chi connectivity index (χ2n) is 5.55. The fourth-order valence-electron chi connectivity index (χ4n) is 3.45. The Morgan fingerprint density at radius 1 is 1.45 bits per heavy atom. The molecular weight excluding hydrogens is 252 g/mol. The Labute approximate surface area is 118 Å². The van der Waals surface area contributed by atoms with E-state index in [9.17, 15) is 4.79 Å². The van der Waals surface area contributed by atoms with Crippen molar-refractivity contribution in [3.05, 3.63) is 45.8 Å². The first-order valence-electron chi connectivity index (χ1n) is 7.19. The minimum absolute atomic E-state index is 0.151. The van der Waals surface area contributed by atoms with Crippen molar-refractivity contribution in [2.45, 2.75) is 25.2 Å². The quantitative estimate of drug-likeness (QED) is 0.380. The van der Waals surface area contributed by atoms with Gasteiger partial charge in [-0.15, -0.1) is 0 Å². The van der Waals surface area contributed by atoms with Gasteiger partial charge in [-0.3, -0.25) is 4.79 Å². The average molecular weight is 270 g/mol. The Hall–Kier alpha value is -2.00. The van der Waals surface area contributed by atoms with Crippen LogP contribution in [0.1, 0.15) is 29.9 Å². The van der Waals surface area contributed by atoms with Crippen molar-refractivity contribution in [2.24, 2.45) is 17.0 Å². The third-order valence-corrected chi connectivity index (χ3v) is 4.43. The number of amides is 1. The third kappa shape index (κ3) is 2.37. The maximum atomic E-state index is 12.2. The molecule has 0 aromatic heterocycles. The molecule has 104 valence electrons. The summed E-state index contributed by atoms with van der Waals surface area (Å²) in [5, 5.41) is 6.43. The molecule has 0 aliphatic heterocycles. The minimum atomic E-state index is 0.151. The van der Waals surface area contributed by atoms with Crippen molar-refractivity contribution in [1.29, 1.82) is 0 Å². The summed E-state index contributed by atoms with van der Waals surface area (Å²) in [4.78, 5) is 14.9. The summed E-state index contributed by atoms with van der Waals surface area (Å²) in [5.41, 5.74) is 11.0. The maximum Gasteiger partial charge on any atom is 0.224 e. The highest BCUT2D eigenvalue weighted by Gasteiger charge is 2.56. The van der Waals surface area contributed by atoms with Gasteiger partial charge in [0.1, 0.15) is 0 Å². The lowest BCUT2D eigenvalue weighted by atomic mass is 9.92. The van der Waals surface area contributed by atoms with E-state index in [0.29, 0.717) is 31.3 Å². The van der Waals surface area contributed by atoms with Crippen LogP contribution in [0.3, 0.4) is 0 Å². The number of aryl methyl sites for hydroxylation is 1. The van der Waals surface area contributed by atoms with E-state index in [-0.39, 0.29) is 11.8 Å². The van der Waals surface area contributed by atoms with Crippen molar-refractivity contribution in [2.75, 3.05) is 13.1 Å². The van der Waals surface area contributed by atoms with Gasteiger partial charge in [0.2, 0.25) is 5.91 Å². The van der Waals surface area contributed by atoms with Gasteiger partial charge in [0.25, 0.3) is 0 Å². The molecule has 1 aromatic carbocycles. The highest BCUT2D eigenvalue weighted by Crippen LogP contribution is 2.59. The number of benzene rings is 1. The highest BCUT2D eigenvalue weighted by molar-refractivity contribution is 5.84. The first-order valence-corrected chi connectivity index (χ1v) is 7.19. The molecule has 5 nitrogen and oxygen atoms in total. The van der Waals surface area contributed by atoms with Gasteiger partial charge in [-0.1, -0.05) is 29.4 Å². The van der Waals surface area contributed by atoms with Crippen LogP contribution in [-0.4, -0.2) is 19.0 Å². The first kappa shape index (κ1) is 13.0. The first-order chi connectivity index (χ1) is 9.83. The van der Waals surface area contributed by atoms with Gasteiger partial charge in [0, 0.05) is 23.9 Å². The number of rotatable bonds is 5. The molecule has 20 heavy (non-hydrogen) atoms. The molecule has 0 radical (unpaired) electrons. The normalized spacial score (nSPS) is 25.9. The summed E-state index contributed by atoms with van der Waals surface area (Å²) in [6, 6.07) is 8.49. The lowest BCUT2D eigenvalue weighted by molar-refractivity contribution is -0.122. The molecule has 1 N–H and O–H groups in total. The third-order valence-electron chi connectivity index (χ3n) is 4.43. The van der Waals surface area contributed by atoms with Crippen LogP contribution >= 0.6 is 0 Å². The molecule has 0 bridgehead atoms. The molecule has 0 spiro atoms. The number of hydrogen-bond acceptors (Lipinski definition) is 2. The van der Waals surface area contributed by atoms with Gasteiger partial charge in [-0.25, -0.2) is 0 Å². The van der Waals surface area contributed by atoms with Crippen molar-refractivity contribution in [1.82, 2.24) is 5.32 Å². The standard InChI is InChI=1S/C15H18N4O/c16-19-18-9-3-8-17-15(20)14-12-7-6-10-4-1-2-5-11(10)13(12)14/h1-2,4-5,12-14H,3,6-9H2,(H,17,20). The molecule has 1 amide bonds. The molecule has 3 rings (SSSR count). The zero-order valence-corrected chi connectivity index (χ0v) is 11.3. The summed E-state index contributed by atoms with van der Waals surface area (Å²) in [5.74, 6) is 1.27. The molecule has 1 fully saturated rings. The van der Waals surface area contributed by atoms with Crippen LogP contribution in [0.5, 0.6) is 0 Å². The summed E-state index contributed by atoms with van der Waals surface area (Å²) < 4.78 is 0. The zero-order valence-electron chi connectivity index (χ0n) is 11.3. The maximum absolute atomic E-state index is 12.2. The van der Waals surface area contributed by atoms with E-state index in [0.717, 1.165) is 12.8 Å². The topological polar surface area (TPSA) is 77.9 Å². The fraction of sp³-hybridized carbons (Fsp3) is 0.533. The summed E-state index contributed by atoms with van der Waals surface area (Å²) in [6.07, 6.45) is 2.92. The Balaban J connectivity index is 1.56. The average Bonchev–Trinajstić information content (AvgIpc) is 3.22. The van der Waals surface area contributed by atoms with Crippen LogP contribution in [0, 0.1) is 11.8 Å². The summed E-state index contributed by atoms with van der Waals surface area (Å²) >= 11 is 0. The second kappa shape index (κ2) is 5.55. The monoisotopic (exact) mass is 270 g/mol. The smallest absolute Gasteiger partial charge is 0.224 e. The number of hydrogen-bond donors (Lipinski definition) is 1. The van der Waals surface area contributed by atoms with Crippen LogP contribution in [0.4, 0.5) is 0 Å². The Morgan fingerprint density at radius 2 is 2.30 bits per heavy atom. The Morgan fingerprint density at radius 3 is 3.15 bits per heavy atom. The van der Waals surface area contributed by atoms with E-state index in [2.05, 4.69) is 39.6 Å². The molecular formula is C15H18N4O. The highest BCUT2D eigenvalue weighted by atomic mass is 16.2. The lowest BCUT2D eigenvalue weighted by Crippen LogP contribution is -2.27. The SMILES string of the molecule is [N-]=[N+]=NCCCNC(=O)C1C2CCc3ccccc3C21. The van der Waals surface area contributed by atoms with Crippen LogP contribution < -0.4 is 5.32 Å². The molecule has 3 atom stereocenters. The van der Waals surface area contributed by atoms with Gasteiger partial charge in [0.15, 0.2) is 0 Å². The molecule has 1 saturated carbocycles. The molecule has 2 aliphatic carbocycles. The zero-order chi connectivity index (χ0) is 13.9. The van der Waals surface area contributed by atoms with E-state index in [1.807, 2.05) is 0 Å². The van der Waals surface area contributed by atoms with E-state index >= 15 is 0 Å². The largest absolute Gasteiger partial charge is 0.356 e. The van der Waals surface area contributed by atoms with Crippen molar-refractivity contribution < 1.29 is 4.79 Å². The van der Waals surface area contributed by atoms with E-state index in [1.54, 1.807) is 0 Å². The molecule has 1 aromatic rings. The lowest BCUT2D eigenvalue weighted by Gasteiger charge is -2.13. The minimum Gasteiger partial charge on any atom is -0.356 e. The van der Waals surface area contributed by atoms with Crippen molar-refractivity contribution in [3.8, 4) is 0 Å². The van der Waals surface area contributed by atoms with Crippen LogP contribution in [-0.2, 0) is 11.2 Å². The molecule has 3 unspecified atom stereocenters. The molecule has 0 heterocycles. The second-order valence-corrected chi connectivity index (χ2v) is 5.55. The molecule has 2 aliphatic rings. The van der Waals surface area contributed by atoms with E-state index < -0.39 is 0 Å².